The maximum atomic E-state index is 11.9. The number of pyridine rings is 1. The second-order valence-electron chi connectivity index (χ2n) is 2.94. The largest absolute Gasteiger partial charge is 0.573 e. The van der Waals surface area contributed by atoms with Crippen LogP contribution in [0.25, 0.3) is 0 Å². The van der Waals surface area contributed by atoms with Crippen molar-refractivity contribution in [3.05, 3.63) is 22.1 Å². The number of alkyl halides is 3. The highest BCUT2D eigenvalue weighted by Crippen LogP contribution is 2.24. The smallest absolute Gasteiger partial charge is 0.400 e. The number of H-pyrrole nitrogens is 1. The molecule has 17 heavy (non-hydrogen) atoms. The first-order valence-corrected chi connectivity index (χ1v) is 6.26. The van der Waals surface area contributed by atoms with Gasteiger partial charge in [-0.15, -0.1) is 13.2 Å². The molecule has 0 radical (unpaired) electrons. The lowest BCUT2D eigenvalue weighted by atomic mass is 10.3. The van der Waals surface area contributed by atoms with Gasteiger partial charge in [0.25, 0.3) is 14.6 Å². The van der Waals surface area contributed by atoms with Crippen LogP contribution < -0.4 is 10.3 Å². The summed E-state index contributed by atoms with van der Waals surface area (Å²) in [4.78, 5) is 12.3. The van der Waals surface area contributed by atoms with Gasteiger partial charge < -0.3 is 9.72 Å². The van der Waals surface area contributed by atoms with Crippen LogP contribution in [-0.4, -0.2) is 19.8 Å². The highest BCUT2D eigenvalue weighted by molar-refractivity contribution is 8.13. The average Bonchev–Trinajstić information content (AvgIpc) is 2.05. The Morgan fingerprint density at radius 3 is 2.35 bits per heavy atom. The molecule has 1 heterocycles. The van der Waals surface area contributed by atoms with Gasteiger partial charge in [-0.2, -0.15) is 0 Å². The van der Waals surface area contributed by atoms with E-state index in [4.69, 9.17) is 10.7 Å². The van der Waals surface area contributed by atoms with Gasteiger partial charge in [0.2, 0.25) is 0 Å². The maximum Gasteiger partial charge on any atom is 0.573 e. The van der Waals surface area contributed by atoms with Crippen LogP contribution in [-0.2, 0) is 9.05 Å². The van der Waals surface area contributed by atoms with Crippen LogP contribution in [0.15, 0.2) is 15.8 Å². The quantitative estimate of drug-likeness (QED) is 0.838. The fourth-order valence-electron chi connectivity index (χ4n) is 1.04. The van der Waals surface area contributed by atoms with Gasteiger partial charge in [-0.3, -0.25) is 4.79 Å². The molecule has 0 atom stereocenters. The number of hydrogen-bond acceptors (Lipinski definition) is 4. The van der Waals surface area contributed by atoms with Crippen LogP contribution in [0, 0.1) is 6.92 Å². The maximum absolute atomic E-state index is 11.9. The zero-order valence-electron chi connectivity index (χ0n) is 8.13. The summed E-state index contributed by atoms with van der Waals surface area (Å²) in [5, 5.41) is 0. The van der Waals surface area contributed by atoms with Gasteiger partial charge in [-0.05, 0) is 6.92 Å². The van der Waals surface area contributed by atoms with Crippen molar-refractivity contribution >= 4 is 19.7 Å². The molecule has 0 fully saturated rings. The summed E-state index contributed by atoms with van der Waals surface area (Å²) in [6.07, 6.45) is -5.10. The minimum atomic E-state index is -5.10. The normalized spacial score (nSPS) is 12.5. The molecular formula is C7H5ClF3NO4S. The summed E-state index contributed by atoms with van der Waals surface area (Å²) in [5.74, 6) is -1.19. The number of aromatic amines is 1. The third kappa shape index (κ3) is 3.63. The predicted molar refractivity (Wildman–Crippen MR) is 51.5 cm³/mol. The Balaban J connectivity index is 3.40. The van der Waals surface area contributed by atoms with Gasteiger partial charge >= 0.3 is 6.36 Å². The average molecular weight is 292 g/mol. The molecule has 0 saturated heterocycles. The zero-order chi connectivity index (χ0) is 13.4. The molecule has 1 rings (SSSR count). The van der Waals surface area contributed by atoms with Crippen molar-refractivity contribution in [2.24, 2.45) is 0 Å². The van der Waals surface area contributed by atoms with E-state index in [2.05, 4.69) is 4.74 Å². The second-order valence-corrected chi connectivity index (χ2v) is 5.47. The highest BCUT2D eigenvalue weighted by Gasteiger charge is 2.33. The number of halogens is 4. The Morgan fingerprint density at radius 2 is 1.94 bits per heavy atom. The first-order valence-electron chi connectivity index (χ1n) is 3.95. The summed E-state index contributed by atoms with van der Waals surface area (Å²) in [6, 6.07) is 0.421. The lowest BCUT2D eigenvalue weighted by Crippen LogP contribution is -2.23. The first kappa shape index (κ1) is 13.8. The van der Waals surface area contributed by atoms with E-state index < -0.39 is 31.6 Å². The molecule has 0 amide bonds. The molecule has 1 aromatic heterocycles. The fourth-order valence-corrected chi connectivity index (χ4v) is 2.19. The van der Waals surface area contributed by atoms with Crippen molar-refractivity contribution in [1.29, 1.82) is 0 Å². The SMILES string of the molecule is Cc1[nH]c(=O)c(OC(F)(F)F)cc1S(=O)(=O)Cl. The first-order chi connectivity index (χ1) is 7.50. The van der Waals surface area contributed by atoms with E-state index in [-0.39, 0.29) is 5.69 Å². The Kier molecular flexibility index (Phi) is 3.44. The monoisotopic (exact) mass is 291 g/mol. The van der Waals surface area contributed by atoms with E-state index >= 15 is 0 Å². The van der Waals surface area contributed by atoms with Gasteiger partial charge in [-0.1, -0.05) is 0 Å². The van der Waals surface area contributed by atoms with Crippen LogP contribution in [0.2, 0.25) is 0 Å². The highest BCUT2D eigenvalue weighted by atomic mass is 35.7. The second kappa shape index (κ2) is 4.22. The van der Waals surface area contributed by atoms with Gasteiger partial charge in [0.05, 0.1) is 0 Å². The number of aryl methyl sites for hydroxylation is 1. The minimum Gasteiger partial charge on any atom is -0.400 e. The van der Waals surface area contributed by atoms with E-state index in [1.54, 1.807) is 0 Å². The number of nitrogens with one attached hydrogen (secondary N) is 1. The summed E-state index contributed by atoms with van der Waals surface area (Å²) < 4.78 is 61.0. The lowest BCUT2D eigenvalue weighted by Gasteiger charge is -2.09. The molecule has 0 aliphatic heterocycles. The van der Waals surface area contributed by atoms with Crippen molar-refractivity contribution in [3.63, 3.8) is 0 Å². The van der Waals surface area contributed by atoms with Gasteiger partial charge in [-0.25, -0.2) is 8.42 Å². The van der Waals surface area contributed by atoms with Crippen LogP contribution in [0.5, 0.6) is 5.75 Å². The van der Waals surface area contributed by atoms with Gasteiger partial charge in [0, 0.05) is 22.4 Å². The van der Waals surface area contributed by atoms with E-state index in [1.165, 1.54) is 6.92 Å². The zero-order valence-corrected chi connectivity index (χ0v) is 9.70. The molecule has 10 heteroatoms. The van der Waals surface area contributed by atoms with Crippen LogP contribution in [0.3, 0.4) is 0 Å². The van der Waals surface area contributed by atoms with Crippen molar-refractivity contribution in [2.75, 3.05) is 0 Å². The fraction of sp³-hybridized carbons (Fsp3) is 0.286. The number of aromatic nitrogens is 1. The molecule has 1 N–H and O–H groups in total. The molecule has 0 spiro atoms. The van der Waals surface area contributed by atoms with Crippen molar-refractivity contribution in [1.82, 2.24) is 4.98 Å². The third-order valence-corrected chi connectivity index (χ3v) is 3.09. The van der Waals surface area contributed by atoms with E-state index in [9.17, 15) is 26.4 Å². The predicted octanol–water partition coefficient (Wildman–Crippen LogP) is 1.51. The summed E-state index contributed by atoms with van der Waals surface area (Å²) in [5.41, 5.74) is -1.39. The van der Waals surface area contributed by atoms with Crippen molar-refractivity contribution in [3.8, 4) is 5.75 Å². The van der Waals surface area contributed by atoms with Gasteiger partial charge in [0.1, 0.15) is 4.90 Å². The molecule has 0 saturated carbocycles. The Hall–Kier alpha value is -1.22. The number of rotatable bonds is 2. The summed E-state index contributed by atoms with van der Waals surface area (Å²) in [7, 11) is 0.699. The molecule has 0 aromatic carbocycles. The van der Waals surface area contributed by atoms with Crippen LogP contribution in [0.1, 0.15) is 5.69 Å². The molecule has 1 aromatic rings. The molecule has 0 aliphatic carbocycles. The van der Waals surface area contributed by atoms with Crippen molar-refractivity contribution in [2.45, 2.75) is 18.2 Å². The topological polar surface area (TPSA) is 76.2 Å². The third-order valence-electron chi connectivity index (χ3n) is 1.64. The van der Waals surface area contributed by atoms with E-state index in [1.807, 2.05) is 4.98 Å². The molecule has 0 aliphatic rings. The molecule has 5 nitrogen and oxygen atoms in total. The van der Waals surface area contributed by atoms with Gasteiger partial charge in [0.15, 0.2) is 5.75 Å². The van der Waals surface area contributed by atoms with E-state index in [0.717, 1.165) is 0 Å². The Labute approximate surface area is 97.6 Å². The molecular weight excluding hydrogens is 287 g/mol. The molecule has 96 valence electrons. The minimum absolute atomic E-state index is 0.181. The Bertz CT molecular complexity index is 592. The standard InChI is InChI=1S/C7H5ClF3NO4S/c1-3-5(17(8,14)15)2-4(6(13)12-3)16-7(9,10)11/h2H,1H3,(H,12,13). The lowest BCUT2D eigenvalue weighted by molar-refractivity contribution is -0.275. The number of ether oxygens (including phenoxy) is 1. The van der Waals surface area contributed by atoms with Crippen LogP contribution in [0.4, 0.5) is 13.2 Å². The summed E-state index contributed by atoms with van der Waals surface area (Å²) >= 11 is 0. The van der Waals surface area contributed by atoms with Crippen molar-refractivity contribution < 1.29 is 26.3 Å². The van der Waals surface area contributed by atoms with E-state index in [0.29, 0.717) is 6.07 Å². The number of hydrogen-bond donors (Lipinski definition) is 1. The molecule has 0 unspecified atom stereocenters. The van der Waals surface area contributed by atoms with Crippen LogP contribution >= 0.6 is 10.7 Å². The summed E-state index contributed by atoms with van der Waals surface area (Å²) in [6.45, 7) is 1.17. The molecule has 0 bridgehead atoms. The Morgan fingerprint density at radius 1 is 1.41 bits per heavy atom.